The number of nitrogens with one attached hydrogen (secondary N) is 1. The van der Waals surface area contributed by atoms with Gasteiger partial charge in [0.25, 0.3) is 0 Å². The average Bonchev–Trinajstić information content (AvgIpc) is 2.75. The molecule has 30 heavy (non-hydrogen) atoms. The number of carbonyl (C=O) groups excluding carboxylic acids is 2. The molecule has 3 rings (SSSR count). The highest BCUT2D eigenvalue weighted by molar-refractivity contribution is 9.10. The van der Waals surface area contributed by atoms with Crippen LogP contribution in [0.3, 0.4) is 0 Å². The van der Waals surface area contributed by atoms with Crippen molar-refractivity contribution in [3.05, 3.63) is 51.5 Å². The number of carbonyl (C=O) groups is 2. The lowest BCUT2D eigenvalue weighted by Gasteiger charge is -2.37. The Labute approximate surface area is 184 Å². The van der Waals surface area contributed by atoms with Gasteiger partial charge in [0.05, 0.1) is 33.8 Å². The molecule has 0 aromatic heterocycles. The quantitative estimate of drug-likeness (QED) is 0.644. The second-order valence-electron chi connectivity index (χ2n) is 7.04. The Balaban J connectivity index is 1.94. The van der Waals surface area contributed by atoms with Gasteiger partial charge in [-0.15, -0.1) is 0 Å². The van der Waals surface area contributed by atoms with Crippen molar-refractivity contribution in [1.29, 1.82) is 0 Å². The predicted molar refractivity (Wildman–Crippen MR) is 117 cm³/mol. The molecule has 1 atom stereocenters. The number of hydrogen-bond donors (Lipinski definition) is 1. The van der Waals surface area contributed by atoms with E-state index in [9.17, 15) is 9.59 Å². The molecule has 2 amide bonds. The van der Waals surface area contributed by atoms with Crippen molar-refractivity contribution < 1.29 is 23.8 Å². The van der Waals surface area contributed by atoms with Crippen LogP contribution < -0.4 is 14.8 Å². The van der Waals surface area contributed by atoms with Crippen LogP contribution in [-0.4, -0.2) is 44.8 Å². The summed E-state index contributed by atoms with van der Waals surface area (Å²) in [6.07, 6.45) is 0.686. The number of fused-ring (bicyclic) bond motifs is 1. The maximum absolute atomic E-state index is 13.1. The van der Waals surface area contributed by atoms with Crippen LogP contribution in [0.1, 0.15) is 29.2 Å². The van der Waals surface area contributed by atoms with Crippen molar-refractivity contribution in [1.82, 2.24) is 4.90 Å². The number of methoxy groups -OCH3 is 3. The maximum atomic E-state index is 13.1. The molecule has 7 nitrogen and oxygen atoms in total. The fourth-order valence-electron chi connectivity index (χ4n) is 3.65. The van der Waals surface area contributed by atoms with Gasteiger partial charge in [-0.25, -0.2) is 4.79 Å². The molecule has 2 aromatic rings. The zero-order chi connectivity index (χ0) is 21.8. The second kappa shape index (κ2) is 9.38. The molecular weight excluding hydrogens is 452 g/mol. The molecule has 1 N–H and O–H groups in total. The highest BCUT2D eigenvalue weighted by Gasteiger charge is 2.34. The number of halogens is 1. The first-order valence-electron chi connectivity index (χ1n) is 9.53. The van der Waals surface area contributed by atoms with Crippen molar-refractivity contribution in [3.63, 3.8) is 0 Å². The summed E-state index contributed by atoms with van der Waals surface area (Å²) in [6.45, 7) is 2.42. The predicted octanol–water partition coefficient (Wildman–Crippen LogP) is 4.47. The van der Waals surface area contributed by atoms with Crippen LogP contribution in [0.4, 0.5) is 10.5 Å². The van der Waals surface area contributed by atoms with E-state index in [2.05, 4.69) is 21.2 Å². The lowest BCUT2D eigenvalue weighted by Crippen LogP contribution is -2.43. The first-order chi connectivity index (χ1) is 14.4. The molecule has 1 aliphatic heterocycles. The van der Waals surface area contributed by atoms with Crippen LogP contribution >= 0.6 is 15.9 Å². The van der Waals surface area contributed by atoms with Crippen LogP contribution in [0.15, 0.2) is 34.8 Å². The Morgan fingerprint density at radius 2 is 1.83 bits per heavy atom. The van der Waals surface area contributed by atoms with Gasteiger partial charge in [0, 0.05) is 16.7 Å². The smallest absolute Gasteiger partial charge is 0.322 e. The molecule has 160 valence electrons. The van der Waals surface area contributed by atoms with Crippen LogP contribution in [0, 0.1) is 6.92 Å². The van der Waals surface area contributed by atoms with Crippen molar-refractivity contribution in [3.8, 4) is 11.5 Å². The van der Waals surface area contributed by atoms with E-state index >= 15 is 0 Å². The Kier molecular flexibility index (Phi) is 6.87. The van der Waals surface area contributed by atoms with E-state index in [-0.39, 0.29) is 18.4 Å². The van der Waals surface area contributed by atoms with Crippen molar-refractivity contribution >= 4 is 33.6 Å². The lowest BCUT2D eigenvalue weighted by molar-refractivity contribution is -0.141. The number of benzene rings is 2. The Morgan fingerprint density at radius 1 is 1.13 bits per heavy atom. The molecule has 0 saturated carbocycles. The van der Waals surface area contributed by atoms with E-state index < -0.39 is 6.04 Å². The van der Waals surface area contributed by atoms with E-state index in [0.717, 1.165) is 21.2 Å². The van der Waals surface area contributed by atoms with Crippen LogP contribution in [-0.2, 0) is 16.0 Å². The van der Waals surface area contributed by atoms with Gasteiger partial charge in [-0.05, 0) is 60.4 Å². The van der Waals surface area contributed by atoms with Crippen molar-refractivity contribution in [2.45, 2.75) is 25.8 Å². The summed E-state index contributed by atoms with van der Waals surface area (Å²) in [6, 6.07) is 8.61. The molecule has 0 radical (unpaired) electrons. The molecule has 1 unspecified atom stereocenters. The average molecular weight is 477 g/mol. The molecule has 1 heterocycles. The lowest BCUT2D eigenvalue weighted by atomic mass is 9.90. The van der Waals surface area contributed by atoms with E-state index in [1.54, 1.807) is 19.1 Å². The second-order valence-corrected chi connectivity index (χ2v) is 7.89. The van der Waals surface area contributed by atoms with E-state index in [0.29, 0.717) is 30.2 Å². The summed E-state index contributed by atoms with van der Waals surface area (Å²) in [4.78, 5) is 26.9. The highest BCUT2D eigenvalue weighted by atomic mass is 79.9. The number of ether oxygens (including phenoxy) is 3. The number of rotatable bonds is 5. The molecular formula is C22H25BrN2O5. The number of amides is 2. The highest BCUT2D eigenvalue weighted by Crippen LogP contribution is 2.39. The fourth-order valence-corrected chi connectivity index (χ4v) is 3.90. The Morgan fingerprint density at radius 3 is 2.47 bits per heavy atom. The third-order valence-corrected chi connectivity index (χ3v) is 6.15. The van der Waals surface area contributed by atoms with Gasteiger partial charge in [0.15, 0.2) is 11.5 Å². The van der Waals surface area contributed by atoms with Crippen molar-refractivity contribution in [2.24, 2.45) is 0 Å². The summed E-state index contributed by atoms with van der Waals surface area (Å²) in [5.41, 5.74) is 3.58. The van der Waals surface area contributed by atoms with Gasteiger partial charge in [0.1, 0.15) is 0 Å². The first-order valence-corrected chi connectivity index (χ1v) is 10.3. The minimum Gasteiger partial charge on any atom is -0.493 e. The molecule has 0 saturated heterocycles. The normalized spacial score (nSPS) is 15.2. The van der Waals surface area contributed by atoms with Crippen LogP contribution in [0.2, 0.25) is 0 Å². The van der Waals surface area contributed by atoms with E-state index in [1.807, 2.05) is 37.3 Å². The van der Waals surface area contributed by atoms with E-state index in [4.69, 9.17) is 14.2 Å². The molecule has 0 aliphatic carbocycles. The molecule has 0 bridgehead atoms. The Bertz CT molecular complexity index is 963. The third kappa shape index (κ3) is 4.53. The summed E-state index contributed by atoms with van der Waals surface area (Å²) >= 11 is 3.46. The minimum atomic E-state index is -0.474. The number of anilines is 1. The summed E-state index contributed by atoms with van der Waals surface area (Å²) in [5, 5.41) is 2.94. The summed E-state index contributed by atoms with van der Waals surface area (Å²) in [7, 11) is 4.48. The van der Waals surface area contributed by atoms with Crippen LogP contribution in [0.5, 0.6) is 11.5 Å². The first kappa shape index (κ1) is 22.0. The molecule has 2 aromatic carbocycles. The van der Waals surface area contributed by atoms with Gasteiger partial charge in [-0.1, -0.05) is 15.9 Å². The standard InChI is InChI=1S/C22H25BrN2O5/c1-13-9-15(5-6-17(13)23)24-22(27)25-8-7-14-10-19(28-2)20(29-3)11-16(14)18(25)12-21(26)30-4/h5-6,9-11,18H,7-8,12H2,1-4H3,(H,24,27). The largest absolute Gasteiger partial charge is 0.493 e. The van der Waals surface area contributed by atoms with Crippen LogP contribution in [0.25, 0.3) is 0 Å². The number of nitrogens with zero attached hydrogens (tertiary/aromatic N) is 1. The van der Waals surface area contributed by atoms with Crippen molar-refractivity contribution in [2.75, 3.05) is 33.2 Å². The molecule has 8 heteroatoms. The maximum Gasteiger partial charge on any atom is 0.322 e. The van der Waals surface area contributed by atoms with Gasteiger partial charge in [-0.2, -0.15) is 0 Å². The van der Waals surface area contributed by atoms with E-state index in [1.165, 1.54) is 7.11 Å². The third-order valence-electron chi connectivity index (χ3n) is 5.26. The van der Waals surface area contributed by atoms with Gasteiger partial charge >= 0.3 is 12.0 Å². The summed E-state index contributed by atoms with van der Waals surface area (Å²) in [5.74, 6) is 0.785. The molecule has 1 aliphatic rings. The number of urea groups is 1. The summed E-state index contributed by atoms with van der Waals surface area (Å²) < 4.78 is 16.7. The topological polar surface area (TPSA) is 77.1 Å². The SMILES string of the molecule is COC(=O)CC1c2cc(OC)c(OC)cc2CCN1C(=O)Nc1ccc(Br)c(C)c1. The zero-order valence-electron chi connectivity index (χ0n) is 17.5. The molecule has 0 spiro atoms. The number of aryl methyl sites for hydroxylation is 1. The van der Waals surface area contributed by atoms with Gasteiger partial charge < -0.3 is 24.4 Å². The monoisotopic (exact) mass is 476 g/mol. The van der Waals surface area contributed by atoms with Gasteiger partial charge in [-0.3, -0.25) is 4.79 Å². The zero-order valence-corrected chi connectivity index (χ0v) is 19.0. The van der Waals surface area contributed by atoms with Gasteiger partial charge in [0.2, 0.25) is 0 Å². The number of hydrogen-bond acceptors (Lipinski definition) is 5. The molecule has 0 fully saturated rings. The Hall–Kier alpha value is -2.74. The fraction of sp³-hybridized carbons (Fsp3) is 0.364. The number of esters is 1. The minimum absolute atomic E-state index is 0.0474.